The molecule has 0 fully saturated rings. The first-order chi connectivity index (χ1) is 6.76. The molecule has 0 aromatic carbocycles. The minimum atomic E-state index is -0.253. The molecule has 14 heavy (non-hydrogen) atoms. The normalized spacial score (nSPS) is 9.79. The summed E-state index contributed by atoms with van der Waals surface area (Å²) < 4.78 is 9.83. The van der Waals surface area contributed by atoms with Crippen molar-refractivity contribution in [2.24, 2.45) is 0 Å². The zero-order chi connectivity index (χ0) is 10.4. The van der Waals surface area contributed by atoms with Crippen molar-refractivity contribution in [1.82, 2.24) is 0 Å². The zero-order valence-corrected chi connectivity index (χ0v) is 7.99. The highest BCUT2D eigenvalue weighted by Crippen LogP contribution is 2.08. The van der Waals surface area contributed by atoms with E-state index in [1.54, 1.807) is 19.1 Å². The first-order valence-electron chi connectivity index (χ1n) is 4.45. The summed E-state index contributed by atoms with van der Waals surface area (Å²) in [5.41, 5.74) is 0. The molecule has 0 saturated heterocycles. The highest BCUT2D eigenvalue weighted by Gasteiger charge is 2.05. The first-order valence-corrected chi connectivity index (χ1v) is 4.45. The Kier molecular flexibility index (Phi) is 3.91. The van der Waals surface area contributed by atoms with Crippen LogP contribution < -0.4 is 0 Å². The maximum absolute atomic E-state index is 11.0. The van der Waals surface area contributed by atoms with Crippen LogP contribution in [0.5, 0.6) is 0 Å². The van der Waals surface area contributed by atoms with Gasteiger partial charge in [-0.05, 0) is 19.1 Å². The Morgan fingerprint density at radius 2 is 2.36 bits per heavy atom. The van der Waals surface area contributed by atoms with Gasteiger partial charge >= 0.3 is 5.97 Å². The largest absolute Gasteiger partial charge is 0.466 e. The molecule has 0 aliphatic heterocycles. The second-order valence-corrected chi connectivity index (χ2v) is 2.73. The molecule has 0 spiro atoms. The summed E-state index contributed by atoms with van der Waals surface area (Å²) in [6, 6.07) is 3.26. The summed E-state index contributed by atoms with van der Waals surface area (Å²) in [6.07, 6.45) is 1.38. The van der Waals surface area contributed by atoms with Crippen LogP contribution in [0.1, 0.15) is 29.7 Å². The van der Waals surface area contributed by atoms with Crippen LogP contribution in [0.4, 0.5) is 0 Å². The van der Waals surface area contributed by atoms with Crippen LogP contribution in [-0.4, -0.2) is 18.9 Å². The molecular formula is C10H12O4. The quantitative estimate of drug-likeness (QED) is 0.530. The van der Waals surface area contributed by atoms with Gasteiger partial charge in [0.05, 0.1) is 13.0 Å². The summed E-state index contributed by atoms with van der Waals surface area (Å²) in [5.74, 6) is 0.653. The maximum atomic E-state index is 11.0. The molecule has 1 heterocycles. The number of ether oxygens (including phenoxy) is 1. The molecule has 0 radical (unpaired) electrons. The highest BCUT2D eigenvalue weighted by atomic mass is 16.5. The second-order valence-electron chi connectivity index (χ2n) is 2.73. The maximum Gasteiger partial charge on any atom is 0.306 e. The predicted molar refractivity (Wildman–Crippen MR) is 49.0 cm³/mol. The molecule has 0 saturated carbocycles. The van der Waals surface area contributed by atoms with Gasteiger partial charge in [0.25, 0.3) is 0 Å². The number of esters is 1. The fraction of sp³-hybridized carbons (Fsp3) is 0.400. The molecule has 4 nitrogen and oxygen atoms in total. The van der Waals surface area contributed by atoms with Crippen molar-refractivity contribution >= 4 is 12.3 Å². The molecule has 0 amide bonds. The first kappa shape index (κ1) is 10.5. The molecule has 0 unspecified atom stereocenters. The number of rotatable bonds is 5. The van der Waals surface area contributed by atoms with Crippen molar-refractivity contribution in [2.75, 3.05) is 6.61 Å². The van der Waals surface area contributed by atoms with Crippen LogP contribution in [-0.2, 0) is 16.0 Å². The zero-order valence-electron chi connectivity index (χ0n) is 7.99. The lowest BCUT2D eigenvalue weighted by Gasteiger charge is -1.98. The number of carbonyl (C=O) groups excluding carboxylic acids is 2. The number of hydrogen-bond donors (Lipinski definition) is 0. The van der Waals surface area contributed by atoms with Crippen LogP contribution >= 0.6 is 0 Å². The van der Waals surface area contributed by atoms with Crippen LogP contribution in [0, 0.1) is 0 Å². The van der Waals surface area contributed by atoms with Gasteiger partial charge in [-0.2, -0.15) is 0 Å². The third-order valence-corrected chi connectivity index (χ3v) is 1.68. The third-order valence-electron chi connectivity index (χ3n) is 1.68. The van der Waals surface area contributed by atoms with Crippen molar-refractivity contribution in [3.8, 4) is 0 Å². The van der Waals surface area contributed by atoms with Crippen molar-refractivity contribution < 1.29 is 18.7 Å². The fourth-order valence-corrected chi connectivity index (χ4v) is 1.05. The monoisotopic (exact) mass is 196 g/mol. The van der Waals surface area contributed by atoms with Gasteiger partial charge in [-0.3, -0.25) is 9.59 Å². The summed E-state index contributed by atoms with van der Waals surface area (Å²) >= 11 is 0. The molecule has 0 aliphatic carbocycles. The van der Waals surface area contributed by atoms with Crippen molar-refractivity contribution in [3.63, 3.8) is 0 Å². The minimum Gasteiger partial charge on any atom is -0.466 e. The van der Waals surface area contributed by atoms with Gasteiger partial charge in [0.15, 0.2) is 12.0 Å². The van der Waals surface area contributed by atoms with Crippen LogP contribution in [0.2, 0.25) is 0 Å². The molecule has 0 N–H and O–H groups in total. The Hall–Kier alpha value is -1.58. The molecule has 0 bridgehead atoms. The Bertz CT molecular complexity index is 314. The van der Waals surface area contributed by atoms with E-state index in [9.17, 15) is 9.59 Å². The van der Waals surface area contributed by atoms with Gasteiger partial charge < -0.3 is 9.15 Å². The van der Waals surface area contributed by atoms with Gasteiger partial charge in [0.1, 0.15) is 5.76 Å². The van der Waals surface area contributed by atoms with E-state index in [0.29, 0.717) is 25.1 Å². The lowest BCUT2D eigenvalue weighted by Crippen LogP contribution is -2.04. The molecular weight excluding hydrogens is 184 g/mol. The van der Waals surface area contributed by atoms with Crippen LogP contribution in [0.25, 0.3) is 0 Å². The molecule has 0 aliphatic rings. The predicted octanol–water partition coefficient (Wildman–Crippen LogP) is 1.59. The van der Waals surface area contributed by atoms with Gasteiger partial charge in [-0.15, -0.1) is 0 Å². The number of aldehydes is 1. The van der Waals surface area contributed by atoms with E-state index in [2.05, 4.69) is 0 Å². The number of aryl methyl sites for hydroxylation is 1. The Labute approximate surface area is 81.9 Å². The standard InChI is InChI=1S/C10H12O4/c1-2-13-10(12)6-5-8-3-4-9(7-11)14-8/h3-4,7H,2,5-6H2,1H3. The Morgan fingerprint density at radius 3 is 2.93 bits per heavy atom. The van der Waals surface area contributed by atoms with E-state index in [0.717, 1.165) is 0 Å². The van der Waals surface area contributed by atoms with Crippen LogP contribution in [0.3, 0.4) is 0 Å². The molecule has 76 valence electrons. The summed E-state index contributed by atoms with van der Waals surface area (Å²) in [7, 11) is 0. The highest BCUT2D eigenvalue weighted by molar-refractivity contribution is 5.71. The fourth-order valence-electron chi connectivity index (χ4n) is 1.05. The van der Waals surface area contributed by atoms with E-state index in [1.807, 2.05) is 0 Å². The van der Waals surface area contributed by atoms with E-state index >= 15 is 0 Å². The van der Waals surface area contributed by atoms with Crippen molar-refractivity contribution in [2.45, 2.75) is 19.8 Å². The smallest absolute Gasteiger partial charge is 0.306 e. The topological polar surface area (TPSA) is 56.5 Å². The van der Waals surface area contributed by atoms with Gasteiger partial charge in [0.2, 0.25) is 0 Å². The Morgan fingerprint density at radius 1 is 1.57 bits per heavy atom. The average molecular weight is 196 g/mol. The van der Waals surface area contributed by atoms with E-state index in [-0.39, 0.29) is 18.2 Å². The average Bonchev–Trinajstić information content (AvgIpc) is 2.63. The minimum absolute atomic E-state index is 0.253. The van der Waals surface area contributed by atoms with Gasteiger partial charge in [-0.25, -0.2) is 0 Å². The van der Waals surface area contributed by atoms with Gasteiger partial charge in [-0.1, -0.05) is 0 Å². The molecule has 1 aromatic heterocycles. The summed E-state index contributed by atoms with van der Waals surface area (Å²) in [6.45, 7) is 2.14. The second kappa shape index (κ2) is 5.21. The van der Waals surface area contributed by atoms with Crippen molar-refractivity contribution in [1.29, 1.82) is 0 Å². The summed E-state index contributed by atoms with van der Waals surface area (Å²) in [4.78, 5) is 21.2. The third kappa shape index (κ3) is 3.05. The molecule has 4 heteroatoms. The van der Waals surface area contributed by atoms with E-state index in [4.69, 9.17) is 9.15 Å². The van der Waals surface area contributed by atoms with E-state index < -0.39 is 0 Å². The Balaban J connectivity index is 2.37. The lowest BCUT2D eigenvalue weighted by atomic mass is 10.2. The number of furan rings is 1. The SMILES string of the molecule is CCOC(=O)CCc1ccc(C=O)o1. The van der Waals surface area contributed by atoms with E-state index in [1.165, 1.54) is 0 Å². The lowest BCUT2D eigenvalue weighted by molar-refractivity contribution is -0.143. The number of hydrogen-bond acceptors (Lipinski definition) is 4. The number of carbonyl (C=O) groups is 2. The van der Waals surface area contributed by atoms with Gasteiger partial charge in [0, 0.05) is 6.42 Å². The van der Waals surface area contributed by atoms with Crippen molar-refractivity contribution in [3.05, 3.63) is 23.7 Å². The molecule has 1 rings (SSSR count). The summed E-state index contributed by atoms with van der Waals surface area (Å²) in [5, 5.41) is 0. The van der Waals surface area contributed by atoms with Crippen LogP contribution in [0.15, 0.2) is 16.5 Å². The molecule has 0 atom stereocenters. The molecule has 1 aromatic rings.